The maximum atomic E-state index is 9.82. The summed E-state index contributed by atoms with van der Waals surface area (Å²) in [6.07, 6.45) is 2.67. The molecule has 1 aromatic carbocycles. The number of hydrogen-bond acceptors (Lipinski definition) is 4. The molecular formula is C24H41N3O. The molecule has 1 N–H and O–H groups in total. The summed E-state index contributed by atoms with van der Waals surface area (Å²) >= 11 is 0. The topological polar surface area (TPSA) is 30.0 Å². The van der Waals surface area contributed by atoms with Crippen LogP contribution < -0.4 is 0 Å². The molecule has 28 heavy (non-hydrogen) atoms. The van der Waals surface area contributed by atoms with E-state index in [1.807, 2.05) is 0 Å². The minimum Gasteiger partial charge on any atom is -0.396 e. The third-order valence-electron chi connectivity index (χ3n) is 6.94. The van der Waals surface area contributed by atoms with Gasteiger partial charge in [0.15, 0.2) is 0 Å². The molecule has 2 heterocycles. The van der Waals surface area contributed by atoms with Crippen LogP contribution in [0.25, 0.3) is 0 Å². The normalized spacial score (nSPS) is 25.1. The molecule has 4 heteroatoms. The number of nitrogens with zero attached hydrogens (tertiary/aromatic N) is 3. The first-order chi connectivity index (χ1) is 13.4. The lowest BCUT2D eigenvalue weighted by Crippen LogP contribution is -2.32. The number of benzene rings is 1. The van der Waals surface area contributed by atoms with Crippen molar-refractivity contribution in [2.24, 2.45) is 17.8 Å². The summed E-state index contributed by atoms with van der Waals surface area (Å²) in [5, 5.41) is 9.82. The van der Waals surface area contributed by atoms with Gasteiger partial charge >= 0.3 is 0 Å². The highest BCUT2D eigenvalue weighted by Gasteiger charge is 2.32. The zero-order valence-electron chi connectivity index (χ0n) is 18.7. The molecule has 0 amide bonds. The maximum Gasteiger partial charge on any atom is 0.0475 e. The minimum atomic E-state index is 0.306. The van der Waals surface area contributed by atoms with E-state index >= 15 is 0 Å². The Morgan fingerprint density at radius 3 is 2.07 bits per heavy atom. The Hall–Kier alpha value is -0.940. The van der Waals surface area contributed by atoms with Crippen LogP contribution in [0.1, 0.15) is 42.0 Å². The summed E-state index contributed by atoms with van der Waals surface area (Å²) < 4.78 is 0. The Morgan fingerprint density at radius 2 is 1.50 bits per heavy atom. The fourth-order valence-corrected chi connectivity index (χ4v) is 5.04. The van der Waals surface area contributed by atoms with Gasteiger partial charge in [0.2, 0.25) is 0 Å². The van der Waals surface area contributed by atoms with E-state index in [0.717, 1.165) is 38.6 Å². The monoisotopic (exact) mass is 387 g/mol. The van der Waals surface area contributed by atoms with Gasteiger partial charge < -0.3 is 10.0 Å². The van der Waals surface area contributed by atoms with Gasteiger partial charge in [-0.15, -0.1) is 0 Å². The lowest BCUT2D eigenvalue weighted by Gasteiger charge is -2.31. The number of aryl methyl sites for hydroxylation is 2. The Bertz CT molecular complexity index is 637. The molecule has 2 atom stereocenters. The lowest BCUT2D eigenvalue weighted by atomic mass is 9.96. The fourth-order valence-electron chi connectivity index (χ4n) is 5.04. The fraction of sp³-hybridized carbons (Fsp3) is 0.750. The molecule has 0 saturated carbocycles. The van der Waals surface area contributed by atoms with Crippen LogP contribution >= 0.6 is 0 Å². The van der Waals surface area contributed by atoms with E-state index in [2.05, 4.69) is 61.7 Å². The van der Waals surface area contributed by atoms with Gasteiger partial charge in [0, 0.05) is 39.3 Å². The third kappa shape index (κ3) is 5.56. The van der Waals surface area contributed by atoms with Gasteiger partial charge in [0.05, 0.1) is 0 Å². The average molecular weight is 388 g/mol. The predicted octanol–water partition coefficient (Wildman–Crippen LogP) is 3.14. The summed E-state index contributed by atoms with van der Waals surface area (Å²) in [6, 6.07) is 4.85. The van der Waals surface area contributed by atoms with Gasteiger partial charge in [-0.3, -0.25) is 9.80 Å². The van der Waals surface area contributed by atoms with Gasteiger partial charge in [-0.1, -0.05) is 19.1 Å². The molecule has 0 radical (unpaired) electrons. The van der Waals surface area contributed by atoms with Crippen LogP contribution in [0.5, 0.6) is 0 Å². The van der Waals surface area contributed by atoms with E-state index in [4.69, 9.17) is 0 Å². The quantitative estimate of drug-likeness (QED) is 0.778. The molecule has 2 aliphatic heterocycles. The largest absolute Gasteiger partial charge is 0.396 e. The highest BCUT2D eigenvalue weighted by molar-refractivity contribution is 5.37. The molecule has 0 bridgehead atoms. The van der Waals surface area contributed by atoms with Crippen LogP contribution in [-0.4, -0.2) is 73.2 Å². The van der Waals surface area contributed by atoms with Gasteiger partial charge in [0.25, 0.3) is 0 Å². The van der Waals surface area contributed by atoms with Crippen LogP contribution in [0, 0.1) is 31.6 Å². The molecule has 2 fully saturated rings. The molecule has 158 valence electrons. The summed E-state index contributed by atoms with van der Waals surface area (Å²) in [5.74, 6) is 1.86. The second-order valence-corrected chi connectivity index (χ2v) is 9.82. The van der Waals surface area contributed by atoms with Crippen LogP contribution in [0.15, 0.2) is 12.1 Å². The van der Waals surface area contributed by atoms with Crippen LogP contribution in [0.4, 0.5) is 0 Å². The summed E-state index contributed by atoms with van der Waals surface area (Å²) in [4.78, 5) is 7.44. The molecule has 1 aromatic rings. The predicted molar refractivity (Wildman–Crippen MR) is 117 cm³/mol. The van der Waals surface area contributed by atoms with E-state index in [1.165, 1.54) is 48.2 Å². The first-order valence-corrected chi connectivity index (χ1v) is 11.1. The van der Waals surface area contributed by atoms with Gasteiger partial charge in [0.1, 0.15) is 0 Å². The molecular weight excluding hydrogens is 346 g/mol. The van der Waals surface area contributed by atoms with Crippen molar-refractivity contribution in [3.05, 3.63) is 34.4 Å². The van der Waals surface area contributed by atoms with Crippen molar-refractivity contribution in [2.75, 3.05) is 53.4 Å². The Kier molecular flexibility index (Phi) is 7.54. The zero-order chi connectivity index (χ0) is 20.3. The molecule has 4 nitrogen and oxygen atoms in total. The van der Waals surface area contributed by atoms with Crippen molar-refractivity contribution in [1.29, 1.82) is 0 Å². The maximum absolute atomic E-state index is 9.82. The SMILES string of the molecule is Cc1cc(C)c(CN2C[C@@H](CN(C)C)[C@@H](CO)C2)cc1CN1CCC(C)CC1. The van der Waals surface area contributed by atoms with Crippen molar-refractivity contribution in [3.8, 4) is 0 Å². The lowest BCUT2D eigenvalue weighted by molar-refractivity contribution is 0.183. The summed E-state index contributed by atoms with van der Waals surface area (Å²) in [6.45, 7) is 15.0. The van der Waals surface area contributed by atoms with E-state index in [-0.39, 0.29) is 0 Å². The van der Waals surface area contributed by atoms with E-state index in [9.17, 15) is 5.11 Å². The molecule has 3 rings (SSSR count). The molecule has 0 aromatic heterocycles. The second kappa shape index (κ2) is 9.71. The number of likely N-dealkylation sites (tertiary alicyclic amines) is 2. The number of hydrogen-bond donors (Lipinski definition) is 1. The second-order valence-electron chi connectivity index (χ2n) is 9.82. The Morgan fingerprint density at radius 1 is 0.929 bits per heavy atom. The third-order valence-corrected chi connectivity index (χ3v) is 6.94. The van der Waals surface area contributed by atoms with E-state index in [1.54, 1.807) is 0 Å². The molecule has 0 aliphatic carbocycles. The number of aliphatic hydroxyl groups excluding tert-OH is 1. The number of aliphatic hydroxyl groups is 1. The van der Waals surface area contributed by atoms with Crippen LogP contribution in [-0.2, 0) is 13.1 Å². The van der Waals surface area contributed by atoms with Crippen molar-refractivity contribution in [1.82, 2.24) is 14.7 Å². The highest BCUT2D eigenvalue weighted by Crippen LogP contribution is 2.27. The Balaban J connectivity index is 1.67. The summed E-state index contributed by atoms with van der Waals surface area (Å²) in [5.41, 5.74) is 5.80. The van der Waals surface area contributed by atoms with Crippen molar-refractivity contribution in [3.63, 3.8) is 0 Å². The molecule has 0 unspecified atom stereocenters. The smallest absolute Gasteiger partial charge is 0.0475 e. The van der Waals surface area contributed by atoms with Gasteiger partial charge in [-0.2, -0.15) is 0 Å². The zero-order valence-corrected chi connectivity index (χ0v) is 18.7. The standard InChI is InChI=1S/C24H41N3O/c1-18-6-8-26(9-7-18)13-21-11-22(20(3)10-19(21)2)14-27-15-23(12-25(4)5)24(16-27)17-28/h10-11,18,23-24,28H,6-9,12-17H2,1-5H3/t23-,24-/m1/s1. The number of piperidine rings is 1. The van der Waals surface area contributed by atoms with Crippen LogP contribution in [0.2, 0.25) is 0 Å². The van der Waals surface area contributed by atoms with Crippen molar-refractivity contribution in [2.45, 2.75) is 46.7 Å². The molecule has 0 spiro atoms. The molecule has 2 saturated heterocycles. The van der Waals surface area contributed by atoms with E-state index in [0.29, 0.717) is 18.4 Å². The van der Waals surface area contributed by atoms with E-state index < -0.39 is 0 Å². The first kappa shape index (κ1) is 21.8. The minimum absolute atomic E-state index is 0.306. The van der Waals surface area contributed by atoms with Gasteiger partial charge in [-0.05, 0) is 93.9 Å². The summed E-state index contributed by atoms with van der Waals surface area (Å²) in [7, 11) is 4.27. The average Bonchev–Trinajstić information content (AvgIpc) is 3.01. The highest BCUT2D eigenvalue weighted by atomic mass is 16.3. The molecule has 2 aliphatic rings. The first-order valence-electron chi connectivity index (χ1n) is 11.1. The van der Waals surface area contributed by atoms with Gasteiger partial charge in [-0.25, -0.2) is 0 Å². The number of rotatable bonds is 7. The van der Waals surface area contributed by atoms with Crippen molar-refractivity contribution >= 4 is 0 Å². The van der Waals surface area contributed by atoms with Crippen LogP contribution in [0.3, 0.4) is 0 Å². The Labute approximate surface area is 172 Å². The van der Waals surface area contributed by atoms with Crippen molar-refractivity contribution < 1.29 is 5.11 Å².